The largest absolute Gasteiger partial charge is 0.469 e. The van der Waals surface area contributed by atoms with Gasteiger partial charge in [0.05, 0.1) is 7.11 Å². The van der Waals surface area contributed by atoms with Crippen molar-refractivity contribution in [3.63, 3.8) is 0 Å². The molecular formula is C13H23NO4. The Morgan fingerprint density at radius 1 is 1.22 bits per heavy atom. The summed E-state index contributed by atoms with van der Waals surface area (Å²) in [6, 6.07) is 0. The number of hydrogen-bond acceptors (Lipinski definition) is 4. The van der Waals surface area contributed by atoms with E-state index in [0.717, 1.165) is 12.8 Å². The highest BCUT2D eigenvalue weighted by molar-refractivity contribution is 5.69. The van der Waals surface area contributed by atoms with Crippen molar-refractivity contribution >= 4 is 12.1 Å². The molecule has 0 saturated heterocycles. The smallest absolute Gasteiger partial charge is 0.407 e. The summed E-state index contributed by atoms with van der Waals surface area (Å²) < 4.78 is 9.76. The van der Waals surface area contributed by atoms with Crippen molar-refractivity contribution in [2.75, 3.05) is 13.7 Å². The van der Waals surface area contributed by atoms with E-state index in [9.17, 15) is 9.59 Å². The predicted octanol–water partition coefficient (Wildman–Crippen LogP) is 2.10. The number of nitrogens with one attached hydrogen (secondary N) is 1. The molecule has 1 amide bonds. The maximum absolute atomic E-state index is 11.4. The van der Waals surface area contributed by atoms with Gasteiger partial charge < -0.3 is 14.8 Å². The van der Waals surface area contributed by atoms with Crippen LogP contribution >= 0.6 is 0 Å². The number of methoxy groups -OCH3 is 1. The fourth-order valence-corrected chi connectivity index (χ4v) is 2.07. The van der Waals surface area contributed by atoms with Crippen LogP contribution in [-0.4, -0.2) is 31.3 Å². The number of carbonyl (C=O) groups is 2. The molecular weight excluding hydrogens is 234 g/mol. The van der Waals surface area contributed by atoms with Crippen molar-refractivity contribution < 1.29 is 19.1 Å². The molecule has 1 aliphatic rings. The second-order valence-electron chi connectivity index (χ2n) is 5.87. The van der Waals surface area contributed by atoms with Crippen molar-refractivity contribution in [2.24, 2.45) is 11.8 Å². The van der Waals surface area contributed by atoms with Gasteiger partial charge in [0.25, 0.3) is 0 Å². The van der Waals surface area contributed by atoms with Crippen LogP contribution in [0.5, 0.6) is 0 Å². The number of rotatable bonds is 4. The molecule has 0 aromatic rings. The molecule has 0 spiro atoms. The van der Waals surface area contributed by atoms with E-state index in [1.165, 1.54) is 7.11 Å². The number of carbonyl (C=O) groups excluding carboxylic acids is 2. The van der Waals surface area contributed by atoms with Crippen LogP contribution in [0.1, 0.15) is 40.0 Å². The van der Waals surface area contributed by atoms with Gasteiger partial charge >= 0.3 is 12.1 Å². The van der Waals surface area contributed by atoms with Crippen molar-refractivity contribution in [1.29, 1.82) is 0 Å². The minimum absolute atomic E-state index is 0.154. The SMILES string of the molecule is COC(=O)CC1CC(CNC(=O)OC(C)(C)C)C1. The van der Waals surface area contributed by atoms with Gasteiger partial charge in [-0.25, -0.2) is 4.79 Å². The van der Waals surface area contributed by atoms with Crippen molar-refractivity contribution in [1.82, 2.24) is 5.32 Å². The summed E-state index contributed by atoms with van der Waals surface area (Å²) in [5, 5.41) is 2.75. The molecule has 0 aromatic carbocycles. The molecule has 104 valence electrons. The van der Waals surface area contributed by atoms with E-state index in [0.29, 0.717) is 24.8 Å². The Morgan fingerprint density at radius 3 is 2.33 bits per heavy atom. The van der Waals surface area contributed by atoms with Crippen LogP contribution in [-0.2, 0) is 14.3 Å². The number of ether oxygens (including phenoxy) is 2. The molecule has 0 atom stereocenters. The number of esters is 1. The Balaban J connectivity index is 2.10. The van der Waals surface area contributed by atoms with Gasteiger partial charge in [-0.05, 0) is 45.4 Å². The molecule has 5 nitrogen and oxygen atoms in total. The lowest BCUT2D eigenvalue weighted by molar-refractivity contribution is -0.142. The van der Waals surface area contributed by atoms with Gasteiger partial charge in [0.1, 0.15) is 5.60 Å². The maximum atomic E-state index is 11.4. The molecule has 1 N–H and O–H groups in total. The van der Waals surface area contributed by atoms with Crippen LogP contribution in [0.4, 0.5) is 4.79 Å². The molecule has 0 radical (unpaired) electrons. The van der Waals surface area contributed by atoms with Crippen LogP contribution in [0.3, 0.4) is 0 Å². The van der Waals surface area contributed by atoms with Gasteiger partial charge in [0, 0.05) is 13.0 Å². The molecule has 0 unspecified atom stereocenters. The van der Waals surface area contributed by atoms with Gasteiger partial charge in [0.15, 0.2) is 0 Å². The number of hydrogen-bond donors (Lipinski definition) is 1. The third-order valence-corrected chi connectivity index (χ3v) is 2.95. The first-order chi connectivity index (χ1) is 8.30. The standard InChI is InChI=1S/C13H23NO4/c1-13(2,3)18-12(16)14-8-10-5-9(6-10)7-11(15)17-4/h9-10H,5-8H2,1-4H3,(H,14,16). The average Bonchev–Trinajstić information content (AvgIpc) is 2.18. The Kier molecular flexibility index (Phi) is 4.99. The first kappa shape index (κ1) is 14.8. The Labute approximate surface area is 108 Å². The molecule has 18 heavy (non-hydrogen) atoms. The van der Waals surface area contributed by atoms with E-state index < -0.39 is 5.60 Å². The zero-order valence-corrected chi connectivity index (χ0v) is 11.6. The van der Waals surface area contributed by atoms with Crippen LogP contribution < -0.4 is 5.32 Å². The van der Waals surface area contributed by atoms with Gasteiger partial charge in [-0.2, -0.15) is 0 Å². The topological polar surface area (TPSA) is 64.6 Å². The fraction of sp³-hybridized carbons (Fsp3) is 0.846. The Morgan fingerprint density at radius 2 is 1.83 bits per heavy atom. The van der Waals surface area contributed by atoms with Gasteiger partial charge in [-0.3, -0.25) is 4.79 Å². The van der Waals surface area contributed by atoms with Gasteiger partial charge in [0.2, 0.25) is 0 Å². The first-order valence-electron chi connectivity index (χ1n) is 6.34. The molecule has 0 heterocycles. The van der Waals surface area contributed by atoms with E-state index in [-0.39, 0.29) is 12.1 Å². The molecule has 1 rings (SSSR count). The highest BCUT2D eigenvalue weighted by Gasteiger charge is 2.31. The van der Waals surface area contributed by atoms with E-state index in [4.69, 9.17) is 4.74 Å². The highest BCUT2D eigenvalue weighted by atomic mass is 16.6. The van der Waals surface area contributed by atoms with Gasteiger partial charge in [-0.1, -0.05) is 0 Å². The zero-order valence-electron chi connectivity index (χ0n) is 11.6. The molecule has 1 aliphatic carbocycles. The van der Waals surface area contributed by atoms with Crippen LogP contribution in [0.2, 0.25) is 0 Å². The highest BCUT2D eigenvalue weighted by Crippen LogP contribution is 2.35. The summed E-state index contributed by atoms with van der Waals surface area (Å²) in [7, 11) is 1.41. The predicted molar refractivity (Wildman–Crippen MR) is 67.1 cm³/mol. The Bertz CT molecular complexity index is 303. The summed E-state index contributed by atoms with van der Waals surface area (Å²) in [6.45, 7) is 6.12. The van der Waals surface area contributed by atoms with Crippen LogP contribution in [0, 0.1) is 11.8 Å². The lowest BCUT2D eigenvalue weighted by Crippen LogP contribution is -2.39. The summed E-state index contributed by atoms with van der Waals surface area (Å²) in [6.07, 6.45) is 2.04. The van der Waals surface area contributed by atoms with Crippen LogP contribution in [0.15, 0.2) is 0 Å². The lowest BCUT2D eigenvalue weighted by atomic mass is 9.73. The molecule has 0 aromatic heterocycles. The Hall–Kier alpha value is -1.26. The lowest BCUT2D eigenvalue weighted by Gasteiger charge is -2.34. The molecule has 5 heteroatoms. The third kappa shape index (κ3) is 5.38. The summed E-state index contributed by atoms with van der Waals surface area (Å²) in [4.78, 5) is 22.4. The van der Waals surface area contributed by atoms with Crippen molar-refractivity contribution in [2.45, 2.75) is 45.6 Å². The fourth-order valence-electron chi connectivity index (χ4n) is 2.07. The van der Waals surface area contributed by atoms with E-state index in [1.54, 1.807) is 0 Å². The summed E-state index contributed by atoms with van der Waals surface area (Å²) >= 11 is 0. The molecule has 0 bridgehead atoms. The quantitative estimate of drug-likeness (QED) is 0.783. The zero-order chi connectivity index (χ0) is 13.8. The number of alkyl carbamates (subject to hydrolysis) is 1. The van der Waals surface area contributed by atoms with Crippen molar-refractivity contribution in [3.05, 3.63) is 0 Å². The second kappa shape index (κ2) is 6.07. The number of amides is 1. The normalized spacial score (nSPS) is 22.9. The van der Waals surface area contributed by atoms with E-state index >= 15 is 0 Å². The minimum Gasteiger partial charge on any atom is -0.469 e. The summed E-state index contributed by atoms with van der Waals surface area (Å²) in [5.41, 5.74) is -0.461. The van der Waals surface area contributed by atoms with E-state index in [1.807, 2.05) is 20.8 Å². The van der Waals surface area contributed by atoms with Gasteiger partial charge in [-0.15, -0.1) is 0 Å². The van der Waals surface area contributed by atoms with E-state index in [2.05, 4.69) is 10.1 Å². The molecule has 0 aliphatic heterocycles. The first-order valence-corrected chi connectivity index (χ1v) is 6.34. The second-order valence-corrected chi connectivity index (χ2v) is 5.87. The monoisotopic (exact) mass is 257 g/mol. The molecule has 1 fully saturated rings. The minimum atomic E-state index is -0.461. The third-order valence-electron chi connectivity index (χ3n) is 2.95. The average molecular weight is 257 g/mol. The van der Waals surface area contributed by atoms with Crippen LogP contribution in [0.25, 0.3) is 0 Å². The summed E-state index contributed by atoms with van der Waals surface area (Å²) in [5.74, 6) is 0.702. The maximum Gasteiger partial charge on any atom is 0.407 e. The van der Waals surface area contributed by atoms with Crippen molar-refractivity contribution in [3.8, 4) is 0 Å². The molecule has 1 saturated carbocycles.